The van der Waals surface area contributed by atoms with Gasteiger partial charge in [-0.3, -0.25) is 4.79 Å². The van der Waals surface area contributed by atoms with Gasteiger partial charge in [-0.25, -0.2) is 4.68 Å². The molecule has 1 atom stereocenters. The van der Waals surface area contributed by atoms with E-state index in [4.69, 9.17) is 0 Å². The van der Waals surface area contributed by atoms with E-state index in [1.54, 1.807) is 4.68 Å². The van der Waals surface area contributed by atoms with E-state index in [-0.39, 0.29) is 5.91 Å². The molecule has 0 aliphatic heterocycles. The lowest BCUT2D eigenvalue weighted by molar-refractivity contribution is -0.116. The van der Waals surface area contributed by atoms with Gasteiger partial charge in [0.2, 0.25) is 11.0 Å². The zero-order valence-electron chi connectivity index (χ0n) is 13.8. The van der Waals surface area contributed by atoms with Crippen molar-refractivity contribution in [2.75, 3.05) is 5.32 Å². The standard InChI is InChI=1S/C16H20N6OS/c1-3-6-11(2)15-19-20-16(24-15)17-14(23)9-10-22-13-8-5-4-7-12(13)18-21-22/h4-5,7-8,11H,3,6,9-10H2,1-2H3,(H,17,20,23)/t11-/m1/s1. The van der Waals surface area contributed by atoms with Crippen molar-refractivity contribution >= 4 is 33.4 Å². The summed E-state index contributed by atoms with van der Waals surface area (Å²) in [6, 6.07) is 7.70. The van der Waals surface area contributed by atoms with Gasteiger partial charge in [0.1, 0.15) is 10.5 Å². The molecule has 7 nitrogen and oxygen atoms in total. The molecule has 0 radical (unpaired) electrons. The van der Waals surface area contributed by atoms with Gasteiger partial charge in [-0.2, -0.15) is 0 Å². The predicted molar refractivity (Wildman–Crippen MR) is 94.0 cm³/mol. The molecule has 1 N–H and O–H groups in total. The number of nitrogens with zero attached hydrogens (tertiary/aromatic N) is 5. The van der Waals surface area contributed by atoms with Crippen molar-refractivity contribution < 1.29 is 4.79 Å². The quantitative estimate of drug-likeness (QED) is 0.711. The Labute approximate surface area is 144 Å². The number of amides is 1. The summed E-state index contributed by atoms with van der Waals surface area (Å²) in [7, 11) is 0. The van der Waals surface area contributed by atoms with E-state index in [9.17, 15) is 4.79 Å². The third-order valence-electron chi connectivity index (χ3n) is 3.80. The summed E-state index contributed by atoms with van der Waals surface area (Å²) >= 11 is 1.45. The molecule has 0 unspecified atom stereocenters. The van der Waals surface area contributed by atoms with Crippen LogP contribution in [0.5, 0.6) is 0 Å². The van der Waals surface area contributed by atoms with E-state index in [1.165, 1.54) is 11.3 Å². The molecule has 3 aromatic rings. The highest BCUT2D eigenvalue weighted by Crippen LogP contribution is 2.26. The number of hydrogen-bond donors (Lipinski definition) is 1. The number of para-hydroxylation sites is 1. The van der Waals surface area contributed by atoms with Crippen LogP contribution in [0.2, 0.25) is 0 Å². The van der Waals surface area contributed by atoms with Crippen molar-refractivity contribution in [1.29, 1.82) is 0 Å². The minimum absolute atomic E-state index is 0.0968. The number of hydrogen-bond acceptors (Lipinski definition) is 6. The number of benzene rings is 1. The molecule has 24 heavy (non-hydrogen) atoms. The second kappa shape index (κ2) is 7.48. The summed E-state index contributed by atoms with van der Waals surface area (Å²) in [6.07, 6.45) is 2.49. The molecular weight excluding hydrogens is 324 g/mol. The summed E-state index contributed by atoms with van der Waals surface area (Å²) in [5, 5.41) is 20.7. The minimum Gasteiger partial charge on any atom is -0.300 e. The van der Waals surface area contributed by atoms with E-state index >= 15 is 0 Å². The van der Waals surface area contributed by atoms with Gasteiger partial charge in [0.05, 0.1) is 12.1 Å². The van der Waals surface area contributed by atoms with Crippen LogP contribution in [0.15, 0.2) is 24.3 Å². The van der Waals surface area contributed by atoms with Crippen LogP contribution >= 0.6 is 11.3 Å². The lowest BCUT2D eigenvalue weighted by Gasteiger charge is -2.04. The first-order valence-electron chi connectivity index (χ1n) is 8.09. The van der Waals surface area contributed by atoms with Crippen LogP contribution in [0.3, 0.4) is 0 Å². The number of aryl methyl sites for hydroxylation is 1. The van der Waals surface area contributed by atoms with E-state index in [1.807, 2.05) is 24.3 Å². The molecular formula is C16H20N6OS. The minimum atomic E-state index is -0.0968. The van der Waals surface area contributed by atoms with Crippen LogP contribution in [0, 0.1) is 0 Å². The van der Waals surface area contributed by atoms with Crippen molar-refractivity contribution in [3.05, 3.63) is 29.3 Å². The van der Waals surface area contributed by atoms with E-state index in [0.717, 1.165) is 28.9 Å². The fourth-order valence-corrected chi connectivity index (χ4v) is 3.36. The predicted octanol–water partition coefficient (Wildman–Crippen LogP) is 3.22. The summed E-state index contributed by atoms with van der Waals surface area (Å²) in [5.74, 6) is 0.278. The Morgan fingerprint density at radius 3 is 2.96 bits per heavy atom. The molecule has 8 heteroatoms. The second-order valence-corrected chi connectivity index (χ2v) is 6.74. The molecule has 0 aliphatic rings. The summed E-state index contributed by atoms with van der Waals surface area (Å²) in [5.41, 5.74) is 1.76. The smallest absolute Gasteiger partial charge is 0.228 e. The van der Waals surface area contributed by atoms with Crippen LogP contribution in [0.1, 0.15) is 44.0 Å². The molecule has 126 valence electrons. The van der Waals surface area contributed by atoms with Crippen molar-refractivity contribution in [2.45, 2.75) is 45.6 Å². The van der Waals surface area contributed by atoms with Gasteiger partial charge in [0, 0.05) is 12.3 Å². The molecule has 0 saturated heterocycles. The molecule has 0 bridgehead atoms. The maximum atomic E-state index is 12.1. The molecule has 0 fully saturated rings. The fraction of sp³-hybridized carbons (Fsp3) is 0.438. The number of carbonyl (C=O) groups excluding carboxylic acids is 1. The summed E-state index contributed by atoms with van der Waals surface area (Å²) in [4.78, 5) is 12.1. The fourth-order valence-electron chi connectivity index (χ4n) is 2.51. The lowest BCUT2D eigenvalue weighted by atomic mass is 10.1. The highest BCUT2D eigenvalue weighted by molar-refractivity contribution is 7.15. The van der Waals surface area contributed by atoms with Crippen LogP contribution in [0.4, 0.5) is 5.13 Å². The topological polar surface area (TPSA) is 85.6 Å². The first kappa shape index (κ1) is 16.5. The number of anilines is 1. The Hall–Kier alpha value is -2.35. The van der Waals surface area contributed by atoms with Crippen molar-refractivity contribution in [1.82, 2.24) is 25.2 Å². The third-order valence-corrected chi connectivity index (χ3v) is 4.87. The summed E-state index contributed by atoms with van der Waals surface area (Å²) in [6.45, 7) is 4.75. The Balaban J connectivity index is 1.56. The maximum absolute atomic E-state index is 12.1. The number of aromatic nitrogens is 5. The van der Waals surface area contributed by atoms with Gasteiger partial charge in [0.25, 0.3) is 0 Å². The number of fused-ring (bicyclic) bond motifs is 1. The zero-order chi connectivity index (χ0) is 16.9. The third kappa shape index (κ3) is 3.76. The summed E-state index contributed by atoms with van der Waals surface area (Å²) < 4.78 is 1.74. The average molecular weight is 344 g/mol. The van der Waals surface area contributed by atoms with Crippen LogP contribution in [-0.4, -0.2) is 31.1 Å². The monoisotopic (exact) mass is 344 g/mol. The largest absolute Gasteiger partial charge is 0.300 e. The Morgan fingerprint density at radius 1 is 1.29 bits per heavy atom. The lowest BCUT2D eigenvalue weighted by Crippen LogP contribution is -2.15. The molecule has 1 aromatic carbocycles. The molecule has 3 rings (SSSR count). The van der Waals surface area contributed by atoms with Crippen LogP contribution < -0.4 is 5.32 Å². The number of carbonyl (C=O) groups is 1. The molecule has 0 saturated carbocycles. The van der Waals surface area contributed by atoms with E-state index in [2.05, 4.69) is 39.7 Å². The van der Waals surface area contributed by atoms with Gasteiger partial charge in [-0.1, -0.05) is 49.0 Å². The second-order valence-electron chi connectivity index (χ2n) is 5.73. The molecule has 1 amide bonds. The van der Waals surface area contributed by atoms with Crippen molar-refractivity contribution in [2.24, 2.45) is 0 Å². The maximum Gasteiger partial charge on any atom is 0.228 e. The molecule has 0 spiro atoms. The number of rotatable bonds is 7. The average Bonchev–Trinajstić information content (AvgIpc) is 3.20. The van der Waals surface area contributed by atoms with Crippen LogP contribution in [0.25, 0.3) is 11.0 Å². The normalized spacial score (nSPS) is 12.4. The van der Waals surface area contributed by atoms with Gasteiger partial charge in [-0.05, 0) is 18.6 Å². The van der Waals surface area contributed by atoms with Gasteiger partial charge in [-0.15, -0.1) is 15.3 Å². The molecule has 2 heterocycles. The van der Waals surface area contributed by atoms with Gasteiger partial charge < -0.3 is 5.32 Å². The SMILES string of the molecule is CCC[C@@H](C)c1nnc(NC(=O)CCn2nnc3ccccc32)s1. The van der Waals surface area contributed by atoms with Gasteiger partial charge in [0.15, 0.2) is 0 Å². The van der Waals surface area contributed by atoms with Crippen molar-refractivity contribution in [3.8, 4) is 0 Å². The first-order chi connectivity index (χ1) is 11.7. The zero-order valence-corrected chi connectivity index (χ0v) is 14.6. The molecule has 0 aliphatic carbocycles. The Morgan fingerprint density at radius 2 is 2.12 bits per heavy atom. The Bertz CT molecular complexity index is 827. The molecule has 2 aromatic heterocycles. The Kier molecular flexibility index (Phi) is 5.14. The van der Waals surface area contributed by atoms with E-state index < -0.39 is 0 Å². The first-order valence-corrected chi connectivity index (χ1v) is 8.90. The van der Waals surface area contributed by atoms with E-state index in [0.29, 0.717) is 24.0 Å². The van der Waals surface area contributed by atoms with Crippen LogP contribution in [-0.2, 0) is 11.3 Å². The highest BCUT2D eigenvalue weighted by atomic mass is 32.1. The van der Waals surface area contributed by atoms with Gasteiger partial charge >= 0.3 is 0 Å². The van der Waals surface area contributed by atoms with Crippen molar-refractivity contribution in [3.63, 3.8) is 0 Å². The number of nitrogens with one attached hydrogen (secondary N) is 1. The highest BCUT2D eigenvalue weighted by Gasteiger charge is 2.13.